The summed E-state index contributed by atoms with van der Waals surface area (Å²) in [7, 11) is 4.78. The third-order valence-electron chi connectivity index (χ3n) is 7.29. The first-order chi connectivity index (χ1) is 18.8. The minimum atomic E-state index is -0.405. The first-order valence-corrected chi connectivity index (χ1v) is 13.6. The number of carbonyl (C=O) groups excluding carboxylic acids is 2. The fourth-order valence-corrected chi connectivity index (χ4v) is 5.37. The maximum absolute atomic E-state index is 12.2. The summed E-state index contributed by atoms with van der Waals surface area (Å²) < 4.78 is 15.6. The number of methoxy groups -OCH3 is 3. The molecule has 5 N–H and O–H groups in total. The van der Waals surface area contributed by atoms with Crippen LogP contribution in [0.5, 0.6) is 17.2 Å². The van der Waals surface area contributed by atoms with Gasteiger partial charge in [-0.2, -0.15) is 4.99 Å². The summed E-state index contributed by atoms with van der Waals surface area (Å²) in [5, 5.41) is 3.22. The summed E-state index contributed by atoms with van der Waals surface area (Å²) in [6.45, 7) is 0. The van der Waals surface area contributed by atoms with Crippen molar-refractivity contribution >= 4 is 17.8 Å². The van der Waals surface area contributed by atoms with E-state index < -0.39 is 5.91 Å². The maximum Gasteiger partial charge on any atom is 0.253 e. The summed E-state index contributed by atoms with van der Waals surface area (Å²) in [6.07, 6.45) is 10.4. The largest absolute Gasteiger partial charge is 0.496 e. The number of fused-ring (bicyclic) bond motifs is 1. The Morgan fingerprint density at radius 2 is 1.64 bits per heavy atom. The van der Waals surface area contributed by atoms with Crippen molar-refractivity contribution < 1.29 is 23.8 Å². The fourth-order valence-electron chi connectivity index (χ4n) is 5.37. The van der Waals surface area contributed by atoms with Crippen LogP contribution in [0.2, 0.25) is 0 Å². The Morgan fingerprint density at radius 1 is 0.923 bits per heavy atom. The van der Waals surface area contributed by atoms with Crippen molar-refractivity contribution in [2.45, 2.75) is 70.3 Å². The molecule has 1 fully saturated rings. The van der Waals surface area contributed by atoms with E-state index in [1.54, 1.807) is 32.4 Å². The predicted octanol–water partition coefficient (Wildman–Crippen LogP) is 3.69. The third kappa shape index (κ3) is 9.19. The normalized spacial score (nSPS) is 16.2. The average molecular weight is 539 g/mol. The molecule has 1 saturated carbocycles. The van der Waals surface area contributed by atoms with Crippen molar-refractivity contribution in [3.8, 4) is 17.2 Å². The number of nitrogens with one attached hydrogen (secondary N) is 1. The second-order valence-electron chi connectivity index (χ2n) is 10.1. The first kappa shape index (κ1) is 29.8. The second kappa shape index (κ2) is 15.0. The molecule has 1 unspecified atom stereocenters. The molecule has 0 heterocycles. The van der Waals surface area contributed by atoms with E-state index in [1.165, 1.54) is 50.3 Å². The van der Waals surface area contributed by atoms with E-state index in [4.69, 9.17) is 25.7 Å². The molecule has 0 radical (unpaired) electrons. The van der Waals surface area contributed by atoms with E-state index in [1.807, 2.05) is 12.1 Å². The van der Waals surface area contributed by atoms with Crippen molar-refractivity contribution in [3.63, 3.8) is 0 Å². The van der Waals surface area contributed by atoms with E-state index in [0.29, 0.717) is 17.9 Å². The van der Waals surface area contributed by atoms with Crippen LogP contribution in [0.15, 0.2) is 41.4 Å². The minimum Gasteiger partial charge on any atom is -0.496 e. The zero-order valence-electron chi connectivity index (χ0n) is 23.3. The number of hydrogen-bond acceptors (Lipinski definition) is 5. The fraction of sp³-hybridized carbons (Fsp3) is 0.500. The van der Waals surface area contributed by atoms with E-state index >= 15 is 0 Å². The van der Waals surface area contributed by atoms with Crippen LogP contribution in [0.1, 0.15) is 61.6 Å². The molecule has 2 aromatic carbocycles. The Kier molecular flexibility index (Phi) is 11.5. The number of guanidine groups is 1. The van der Waals surface area contributed by atoms with Crippen LogP contribution >= 0.6 is 0 Å². The van der Waals surface area contributed by atoms with Gasteiger partial charge in [0, 0.05) is 12.5 Å². The number of rotatable bonds is 9. The van der Waals surface area contributed by atoms with Crippen LogP contribution in [0.4, 0.5) is 0 Å². The van der Waals surface area contributed by atoms with Gasteiger partial charge in [-0.15, -0.1) is 0 Å². The Bertz CT molecular complexity index is 1140. The molecule has 2 aliphatic carbocycles. The van der Waals surface area contributed by atoms with Gasteiger partial charge in [-0.1, -0.05) is 50.3 Å². The molecule has 0 aromatic heterocycles. The zero-order chi connectivity index (χ0) is 28.2. The Hall–Kier alpha value is -3.75. The van der Waals surface area contributed by atoms with Gasteiger partial charge in [-0.3, -0.25) is 9.59 Å². The number of nitrogens with two attached hydrogens (primary N) is 2. The van der Waals surface area contributed by atoms with E-state index in [-0.39, 0.29) is 24.3 Å². The summed E-state index contributed by atoms with van der Waals surface area (Å²) in [6, 6.07) is 11.6. The van der Waals surface area contributed by atoms with Crippen molar-refractivity contribution in [2.75, 3.05) is 21.3 Å². The van der Waals surface area contributed by atoms with Gasteiger partial charge in [-0.25, -0.2) is 0 Å². The number of carbonyl (C=O) groups is 2. The minimum absolute atomic E-state index is 0.109. The van der Waals surface area contributed by atoms with E-state index in [9.17, 15) is 9.59 Å². The van der Waals surface area contributed by atoms with Gasteiger partial charge in [0.15, 0.2) is 17.5 Å². The van der Waals surface area contributed by atoms with Gasteiger partial charge >= 0.3 is 0 Å². The lowest BCUT2D eigenvalue weighted by atomic mass is 9.86. The van der Waals surface area contributed by atoms with Gasteiger partial charge in [-0.05, 0) is 60.1 Å². The molecule has 39 heavy (non-hydrogen) atoms. The molecule has 212 valence electrons. The lowest BCUT2D eigenvalue weighted by molar-refractivity contribution is -0.122. The molecule has 0 aliphatic heterocycles. The highest BCUT2D eigenvalue weighted by Crippen LogP contribution is 2.31. The molecule has 2 aliphatic rings. The van der Waals surface area contributed by atoms with Crippen LogP contribution in [-0.4, -0.2) is 45.1 Å². The topological polar surface area (TPSA) is 138 Å². The SMILES string of the molecule is COc1ccc(CC(=O)N=C(N)N)cc1OC.COc1cccc2c1CC(NC(=O)CCC1CCCCC1)C2. The molecule has 0 spiro atoms. The smallest absolute Gasteiger partial charge is 0.253 e. The number of nitrogens with zero attached hydrogens (tertiary/aromatic N) is 1. The summed E-state index contributed by atoms with van der Waals surface area (Å²) in [5.74, 6) is 2.47. The zero-order valence-corrected chi connectivity index (χ0v) is 23.3. The molecule has 4 rings (SSSR count). The van der Waals surface area contributed by atoms with Crippen LogP contribution in [0.3, 0.4) is 0 Å². The van der Waals surface area contributed by atoms with Crippen LogP contribution in [0, 0.1) is 5.92 Å². The highest BCUT2D eigenvalue weighted by molar-refractivity contribution is 5.92. The van der Waals surface area contributed by atoms with Crippen LogP contribution in [-0.2, 0) is 28.9 Å². The Balaban J connectivity index is 0.000000224. The van der Waals surface area contributed by atoms with Gasteiger partial charge in [0.1, 0.15) is 5.75 Å². The standard InChI is InChI=1S/C19H27NO2.C11H15N3O3/c1-22-18-9-5-8-15-12-16(13-17(15)18)20-19(21)11-10-14-6-3-2-4-7-14;1-16-8-4-3-7(5-9(8)17-2)6-10(15)14-11(12)13/h5,8-9,14,16H,2-4,6-7,10-13H2,1H3,(H,20,21);3-5H,6H2,1-2H3,(H4,12,13,14,15). The summed E-state index contributed by atoms with van der Waals surface area (Å²) in [4.78, 5) is 27.0. The Morgan fingerprint density at radius 3 is 2.31 bits per heavy atom. The average Bonchev–Trinajstić information content (AvgIpc) is 3.34. The highest BCUT2D eigenvalue weighted by Gasteiger charge is 2.25. The first-order valence-electron chi connectivity index (χ1n) is 13.6. The molecule has 2 amide bonds. The van der Waals surface area contributed by atoms with Crippen molar-refractivity contribution in [1.29, 1.82) is 0 Å². The van der Waals surface area contributed by atoms with Gasteiger partial charge < -0.3 is 31.0 Å². The van der Waals surface area contributed by atoms with Gasteiger partial charge in [0.25, 0.3) is 5.91 Å². The number of aliphatic imine (C=N–C) groups is 1. The van der Waals surface area contributed by atoms with Crippen LogP contribution < -0.4 is 31.0 Å². The summed E-state index contributed by atoms with van der Waals surface area (Å²) >= 11 is 0. The maximum atomic E-state index is 12.2. The second-order valence-corrected chi connectivity index (χ2v) is 10.1. The van der Waals surface area contributed by atoms with Gasteiger partial charge in [0.05, 0.1) is 27.8 Å². The quantitative estimate of drug-likeness (QED) is 0.327. The highest BCUT2D eigenvalue weighted by atomic mass is 16.5. The van der Waals surface area contributed by atoms with Crippen molar-refractivity contribution in [1.82, 2.24) is 5.32 Å². The molecule has 1 atom stereocenters. The van der Waals surface area contributed by atoms with E-state index in [0.717, 1.165) is 36.5 Å². The molecule has 9 nitrogen and oxygen atoms in total. The van der Waals surface area contributed by atoms with E-state index in [2.05, 4.69) is 16.4 Å². The van der Waals surface area contributed by atoms with Crippen molar-refractivity contribution in [3.05, 3.63) is 53.1 Å². The number of ether oxygens (including phenoxy) is 3. The molecule has 0 bridgehead atoms. The molecule has 2 aromatic rings. The monoisotopic (exact) mass is 538 g/mol. The third-order valence-corrected chi connectivity index (χ3v) is 7.29. The molecule has 0 saturated heterocycles. The molecule has 9 heteroatoms. The lowest BCUT2D eigenvalue weighted by Gasteiger charge is -2.21. The predicted molar refractivity (Wildman–Crippen MR) is 152 cm³/mol. The lowest BCUT2D eigenvalue weighted by Crippen LogP contribution is -2.35. The number of amides is 2. The van der Waals surface area contributed by atoms with Crippen LogP contribution in [0.25, 0.3) is 0 Å². The van der Waals surface area contributed by atoms with Gasteiger partial charge in [0.2, 0.25) is 5.91 Å². The summed E-state index contributed by atoms with van der Waals surface area (Å²) in [5.41, 5.74) is 13.6. The number of hydrogen-bond donors (Lipinski definition) is 3. The Labute approximate surface area is 231 Å². The number of benzene rings is 2. The van der Waals surface area contributed by atoms with Crippen molar-refractivity contribution in [2.24, 2.45) is 22.4 Å². The molecular weight excluding hydrogens is 496 g/mol. The molecular formula is C30H42N4O5.